The summed E-state index contributed by atoms with van der Waals surface area (Å²) in [7, 11) is 0. The maximum absolute atomic E-state index is 12.3. The van der Waals surface area contributed by atoms with Crippen molar-refractivity contribution in [2.24, 2.45) is 17.8 Å². The molecule has 1 aromatic heterocycles. The average molecular weight is 322 g/mol. The minimum absolute atomic E-state index is 0.176. The zero-order chi connectivity index (χ0) is 14.3. The summed E-state index contributed by atoms with van der Waals surface area (Å²) in [6.45, 7) is 0. The lowest BCUT2D eigenvalue weighted by Gasteiger charge is -2.56. The van der Waals surface area contributed by atoms with Crippen molar-refractivity contribution >= 4 is 29.0 Å². The summed E-state index contributed by atoms with van der Waals surface area (Å²) in [4.78, 5) is 13.7. The van der Waals surface area contributed by atoms with Crippen LogP contribution in [0.3, 0.4) is 0 Å². The maximum Gasteiger partial charge on any atom is 0.230 e. The van der Waals surface area contributed by atoms with Crippen LogP contribution in [0.2, 0.25) is 0 Å². The minimum Gasteiger partial charge on any atom is -0.350 e. The molecule has 4 aliphatic carbocycles. The van der Waals surface area contributed by atoms with E-state index >= 15 is 0 Å². The van der Waals surface area contributed by atoms with E-state index in [1.54, 1.807) is 23.1 Å². The van der Waals surface area contributed by atoms with Crippen molar-refractivity contribution in [1.82, 2.24) is 5.32 Å². The zero-order valence-corrected chi connectivity index (χ0v) is 14.0. The Kier molecular flexibility index (Phi) is 3.78. The second-order valence-corrected chi connectivity index (χ2v) is 9.34. The van der Waals surface area contributed by atoms with E-state index in [2.05, 4.69) is 22.8 Å². The average Bonchev–Trinajstić information content (AvgIpc) is 2.89. The van der Waals surface area contributed by atoms with Gasteiger partial charge in [0.1, 0.15) is 0 Å². The predicted octanol–water partition coefficient (Wildman–Crippen LogP) is 4.07. The standard InChI is InChI=1S/C17H23NOS2/c19-16(11-20-10-15-2-1-3-21-15)18-17-7-12-4-13(8-17)6-14(5-12)9-17/h1-3,12-14H,4-11H2,(H,18,19). The molecule has 21 heavy (non-hydrogen) atoms. The molecule has 0 aromatic carbocycles. The van der Waals surface area contributed by atoms with Gasteiger partial charge in [0.15, 0.2) is 0 Å². The first-order chi connectivity index (χ1) is 10.2. The summed E-state index contributed by atoms with van der Waals surface area (Å²) in [6, 6.07) is 4.23. The van der Waals surface area contributed by atoms with Crippen LogP contribution in [0.1, 0.15) is 43.4 Å². The number of nitrogens with one attached hydrogen (secondary N) is 1. The molecule has 2 nitrogen and oxygen atoms in total. The molecule has 4 heteroatoms. The first kappa shape index (κ1) is 14.1. The third-order valence-corrected chi connectivity index (χ3v) is 7.54. The molecule has 1 heterocycles. The lowest BCUT2D eigenvalue weighted by atomic mass is 9.53. The third kappa shape index (κ3) is 3.02. The molecule has 0 saturated heterocycles. The van der Waals surface area contributed by atoms with Crippen LogP contribution in [0.25, 0.3) is 0 Å². The molecule has 4 fully saturated rings. The maximum atomic E-state index is 12.3. The zero-order valence-electron chi connectivity index (χ0n) is 12.3. The van der Waals surface area contributed by atoms with Crippen molar-refractivity contribution in [2.75, 3.05) is 5.75 Å². The van der Waals surface area contributed by atoms with Crippen molar-refractivity contribution in [3.8, 4) is 0 Å². The van der Waals surface area contributed by atoms with Gasteiger partial charge in [-0.2, -0.15) is 0 Å². The van der Waals surface area contributed by atoms with Crippen molar-refractivity contribution in [3.63, 3.8) is 0 Å². The molecule has 0 aliphatic heterocycles. The van der Waals surface area contributed by atoms with E-state index in [1.165, 1.54) is 43.4 Å². The second-order valence-electron chi connectivity index (χ2n) is 7.32. The Bertz CT molecular complexity index is 476. The van der Waals surface area contributed by atoms with Crippen molar-refractivity contribution in [1.29, 1.82) is 0 Å². The van der Waals surface area contributed by atoms with Gasteiger partial charge in [0.2, 0.25) is 5.91 Å². The highest BCUT2D eigenvalue weighted by Crippen LogP contribution is 2.55. The Morgan fingerprint density at radius 1 is 1.24 bits per heavy atom. The van der Waals surface area contributed by atoms with Crippen LogP contribution in [0.5, 0.6) is 0 Å². The highest BCUT2D eigenvalue weighted by atomic mass is 32.2. The van der Waals surface area contributed by atoms with Gasteiger partial charge in [0, 0.05) is 16.2 Å². The van der Waals surface area contributed by atoms with Gasteiger partial charge in [0.05, 0.1) is 5.75 Å². The fourth-order valence-electron chi connectivity index (χ4n) is 5.23. The summed E-state index contributed by atoms with van der Waals surface area (Å²) in [5, 5.41) is 5.55. The summed E-state index contributed by atoms with van der Waals surface area (Å²) >= 11 is 3.52. The molecule has 1 aromatic rings. The molecule has 4 bridgehead atoms. The van der Waals surface area contributed by atoms with Gasteiger partial charge in [0.25, 0.3) is 0 Å². The van der Waals surface area contributed by atoms with Gasteiger partial charge >= 0.3 is 0 Å². The second kappa shape index (κ2) is 5.62. The number of carbonyl (C=O) groups excluding carboxylic acids is 1. The van der Waals surface area contributed by atoms with E-state index in [1.807, 2.05) is 0 Å². The number of thiophene rings is 1. The largest absolute Gasteiger partial charge is 0.350 e. The highest BCUT2D eigenvalue weighted by Gasteiger charge is 2.51. The molecule has 0 radical (unpaired) electrons. The van der Waals surface area contributed by atoms with Crippen molar-refractivity contribution in [2.45, 2.75) is 49.8 Å². The first-order valence-electron chi connectivity index (χ1n) is 8.12. The van der Waals surface area contributed by atoms with E-state index in [0.29, 0.717) is 5.75 Å². The summed E-state index contributed by atoms with van der Waals surface area (Å²) in [6.07, 6.45) is 8.05. The topological polar surface area (TPSA) is 29.1 Å². The van der Waals surface area contributed by atoms with E-state index in [0.717, 1.165) is 23.5 Å². The summed E-state index contributed by atoms with van der Waals surface area (Å²) in [5.74, 6) is 4.53. The van der Waals surface area contributed by atoms with E-state index < -0.39 is 0 Å². The molecule has 0 unspecified atom stereocenters. The number of hydrogen-bond donors (Lipinski definition) is 1. The number of hydrogen-bond acceptors (Lipinski definition) is 3. The fourth-order valence-corrected chi connectivity index (χ4v) is 6.90. The summed E-state index contributed by atoms with van der Waals surface area (Å²) in [5.41, 5.74) is 0.176. The molecule has 0 spiro atoms. The number of rotatable bonds is 5. The minimum atomic E-state index is 0.176. The lowest BCUT2D eigenvalue weighted by molar-refractivity contribution is -0.124. The Labute approximate surface area is 135 Å². The van der Waals surface area contributed by atoms with Crippen LogP contribution in [0.4, 0.5) is 0 Å². The molecular weight excluding hydrogens is 298 g/mol. The molecule has 1 N–H and O–H groups in total. The molecule has 1 amide bonds. The van der Waals surface area contributed by atoms with Gasteiger partial charge in [-0.05, 0) is 67.7 Å². The molecule has 5 rings (SSSR count). The van der Waals surface area contributed by atoms with Crippen LogP contribution in [-0.2, 0) is 10.5 Å². The van der Waals surface area contributed by atoms with Crippen LogP contribution in [0.15, 0.2) is 17.5 Å². The SMILES string of the molecule is O=C(CSCc1cccs1)NC12CC3CC(CC(C3)C1)C2. The van der Waals surface area contributed by atoms with Crippen LogP contribution in [0, 0.1) is 17.8 Å². The van der Waals surface area contributed by atoms with E-state index in [9.17, 15) is 4.79 Å². The Morgan fingerprint density at radius 3 is 2.48 bits per heavy atom. The third-order valence-electron chi connectivity index (χ3n) is 5.50. The quantitative estimate of drug-likeness (QED) is 0.886. The number of carbonyl (C=O) groups is 1. The van der Waals surface area contributed by atoms with Gasteiger partial charge in [-0.15, -0.1) is 23.1 Å². The lowest BCUT2D eigenvalue weighted by Crippen LogP contribution is -2.60. The van der Waals surface area contributed by atoms with Gasteiger partial charge in [-0.3, -0.25) is 4.79 Å². The molecule has 4 saturated carbocycles. The van der Waals surface area contributed by atoms with Crippen molar-refractivity contribution < 1.29 is 4.79 Å². The van der Waals surface area contributed by atoms with Gasteiger partial charge in [-0.1, -0.05) is 6.07 Å². The normalized spacial score (nSPS) is 36.9. The van der Waals surface area contributed by atoms with Crippen LogP contribution < -0.4 is 5.32 Å². The first-order valence-corrected chi connectivity index (χ1v) is 10.2. The Balaban J connectivity index is 1.30. The predicted molar refractivity (Wildman–Crippen MR) is 89.5 cm³/mol. The van der Waals surface area contributed by atoms with Crippen LogP contribution >= 0.6 is 23.1 Å². The van der Waals surface area contributed by atoms with Crippen LogP contribution in [-0.4, -0.2) is 17.2 Å². The number of amides is 1. The Hall–Kier alpha value is -0.480. The molecule has 0 atom stereocenters. The fraction of sp³-hybridized carbons (Fsp3) is 0.706. The van der Waals surface area contributed by atoms with E-state index in [4.69, 9.17) is 0 Å². The molecular formula is C17H23NOS2. The highest BCUT2D eigenvalue weighted by molar-refractivity contribution is 7.99. The van der Waals surface area contributed by atoms with Crippen molar-refractivity contribution in [3.05, 3.63) is 22.4 Å². The Morgan fingerprint density at radius 2 is 1.90 bits per heavy atom. The molecule has 4 aliphatic rings. The molecule has 114 valence electrons. The smallest absolute Gasteiger partial charge is 0.230 e. The van der Waals surface area contributed by atoms with E-state index in [-0.39, 0.29) is 11.4 Å². The summed E-state index contributed by atoms with van der Waals surface area (Å²) < 4.78 is 0. The monoisotopic (exact) mass is 321 g/mol. The van der Waals surface area contributed by atoms with Gasteiger partial charge < -0.3 is 5.32 Å². The van der Waals surface area contributed by atoms with Gasteiger partial charge in [-0.25, -0.2) is 0 Å². The number of thioether (sulfide) groups is 1.